The van der Waals surface area contributed by atoms with Crippen molar-refractivity contribution < 1.29 is 9.90 Å². The van der Waals surface area contributed by atoms with E-state index in [1.165, 1.54) is 0 Å². The largest absolute Gasteiger partial charge is 0.480 e. The zero-order chi connectivity index (χ0) is 10.7. The normalized spacial score (nSPS) is 25.6. The molecule has 1 aliphatic heterocycles. The van der Waals surface area contributed by atoms with Gasteiger partial charge in [0.25, 0.3) is 0 Å². The van der Waals surface area contributed by atoms with Gasteiger partial charge in [0.15, 0.2) is 0 Å². The summed E-state index contributed by atoms with van der Waals surface area (Å²) in [7, 11) is 2.09. The summed E-state index contributed by atoms with van der Waals surface area (Å²) in [6.45, 7) is 7.29. The maximum Gasteiger partial charge on any atom is 0.317 e. The van der Waals surface area contributed by atoms with Gasteiger partial charge in [0.05, 0.1) is 6.54 Å². The van der Waals surface area contributed by atoms with Gasteiger partial charge in [-0.15, -0.1) is 0 Å². The monoisotopic (exact) mass is 200 g/mol. The molecule has 14 heavy (non-hydrogen) atoms. The number of piperazine rings is 1. The Kier molecular flexibility index (Phi) is 3.89. The smallest absolute Gasteiger partial charge is 0.317 e. The second-order valence-electron chi connectivity index (χ2n) is 4.44. The van der Waals surface area contributed by atoms with Crippen LogP contribution in [0.2, 0.25) is 0 Å². The van der Waals surface area contributed by atoms with Gasteiger partial charge < -0.3 is 10.0 Å². The van der Waals surface area contributed by atoms with Crippen LogP contribution in [-0.4, -0.2) is 60.1 Å². The highest BCUT2D eigenvalue weighted by Gasteiger charge is 2.28. The lowest BCUT2D eigenvalue weighted by atomic mass is 10.00. The van der Waals surface area contributed by atoms with Crippen molar-refractivity contribution in [1.82, 2.24) is 9.80 Å². The summed E-state index contributed by atoms with van der Waals surface area (Å²) in [5.74, 6) is -0.211. The summed E-state index contributed by atoms with van der Waals surface area (Å²) in [5, 5.41) is 8.78. The zero-order valence-electron chi connectivity index (χ0n) is 9.23. The molecule has 0 aromatic rings. The molecule has 1 fully saturated rings. The maximum absolute atomic E-state index is 10.7. The van der Waals surface area contributed by atoms with Crippen LogP contribution in [0.3, 0.4) is 0 Å². The van der Waals surface area contributed by atoms with Crippen LogP contribution in [0.1, 0.15) is 13.8 Å². The molecule has 1 saturated heterocycles. The van der Waals surface area contributed by atoms with Gasteiger partial charge in [-0.1, -0.05) is 13.8 Å². The Balaban J connectivity index is 2.58. The van der Waals surface area contributed by atoms with E-state index in [2.05, 4.69) is 30.7 Å². The van der Waals surface area contributed by atoms with Gasteiger partial charge in [-0.3, -0.25) is 9.69 Å². The standard InChI is InChI=1S/C10H20N2O2/c1-8(2)9-6-11(3)4-5-12(9)7-10(13)14/h8-9H,4-7H2,1-3H3,(H,13,14). The van der Waals surface area contributed by atoms with Crippen LogP contribution >= 0.6 is 0 Å². The summed E-state index contributed by atoms with van der Waals surface area (Å²) < 4.78 is 0. The summed E-state index contributed by atoms with van der Waals surface area (Å²) in [6, 6.07) is 0.379. The van der Waals surface area contributed by atoms with Gasteiger partial charge in [0.1, 0.15) is 0 Å². The molecular formula is C10H20N2O2. The molecule has 1 unspecified atom stereocenters. The molecule has 0 amide bonds. The number of nitrogens with zero attached hydrogens (tertiary/aromatic N) is 2. The lowest BCUT2D eigenvalue weighted by Crippen LogP contribution is -2.55. The van der Waals surface area contributed by atoms with Crippen molar-refractivity contribution in [2.24, 2.45) is 5.92 Å². The number of carboxylic acid groups (broad SMARTS) is 1. The number of hydrogen-bond donors (Lipinski definition) is 1. The predicted molar refractivity (Wildman–Crippen MR) is 55.3 cm³/mol. The van der Waals surface area contributed by atoms with E-state index in [0.717, 1.165) is 19.6 Å². The van der Waals surface area contributed by atoms with Gasteiger partial charge in [0, 0.05) is 25.7 Å². The number of aliphatic carboxylic acids is 1. The minimum Gasteiger partial charge on any atom is -0.480 e. The number of carboxylic acids is 1. The minimum absolute atomic E-state index is 0.177. The third kappa shape index (κ3) is 2.96. The summed E-state index contributed by atoms with van der Waals surface area (Å²) in [5.41, 5.74) is 0. The van der Waals surface area contributed by atoms with Crippen LogP contribution in [0.25, 0.3) is 0 Å². The first kappa shape index (κ1) is 11.5. The van der Waals surface area contributed by atoms with Gasteiger partial charge >= 0.3 is 5.97 Å². The molecule has 0 aliphatic carbocycles. The molecule has 0 aromatic carbocycles. The fourth-order valence-corrected chi connectivity index (χ4v) is 1.99. The molecule has 1 N–H and O–H groups in total. The van der Waals surface area contributed by atoms with Crippen molar-refractivity contribution in [3.8, 4) is 0 Å². The summed E-state index contributed by atoms with van der Waals surface area (Å²) >= 11 is 0. The highest BCUT2D eigenvalue weighted by atomic mass is 16.4. The fraction of sp³-hybridized carbons (Fsp3) is 0.900. The van der Waals surface area contributed by atoms with Crippen LogP contribution < -0.4 is 0 Å². The quantitative estimate of drug-likeness (QED) is 0.713. The molecule has 4 nitrogen and oxygen atoms in total. The molecule has 1 heterocycles. The molecule has 0 radical (unpaired) electrons. The fourth-order valence-electron chi connectivity index (χ4n) is 1.99. The molecule has 4 heteroatoms. The lowest BCUT2D eigenvalue weighted by Gasteiger charge is -2.41. The SMILES string of the molecule is CC(C)C1CN(C)CCN1CC(=O)O. The molecule has 1 aliphatic rings. The van der Waals surface area contributed by atoms with Gasteiger partial charge in [0.2, 0.25) is 0 Å². The van der Waals surface area contributed by atoms with E-state index in [1.54, 1.807) is 0 Å². The molecular weight excluding hydrogens is 180 g/mol. The highest BCUT2D eigenvalue weighted by Crippen LogP contribution is 2.15. The average Bonchev–Trinajstić information content (AvgIpc) is 2.07. The zero-order valence-corrected chi connectivity index (χ0v) is 9.23. The van der Waals surface area contributed by atoms with E-state index in [1.807, 2.05) is 0 Å². The van der Waals surface area contributed by atoms with Crippen LogP contribution in [0.5, 0.6) is 0 Å². The van der Waals surface area contributed by atoms with E-state index in [0.29, 0.717) is 12.0 Å². The Labute approximate surface area is 85.5 Å². The Morgan fingerprint density at radius 1 is 1.50 bits per heavy atom. The second-order valence-corrected chi connectivity index (χ2v) is 4.44. The predicted octanol–water partition coefficient (Wildman–Crippen LogP) is 0.343. The van der Waals surface area contributed by atoms with Crippen molar-refractivity contribution in [1.29, 1.82) is 0 Å². The van der Waals surface area contributed by atoms with E-state index >= 15 is 0 Å². The maximum atomic E-state index is 10.7. The Bertz CT molecular complexity index is 206. The Morgan fingerprint density at radius 2 is 2.14 bits per heavy atom. The third-order valence-electron chi connectivity index (χ3n) is 2.84. The van der Waals surface area contributed by atoms with Gasteiger partial charge in [-0.2, -0.15) is 0 Å². The highest BCUT2D eigenvalue weighted by molar-refractivity contribution is 5.69. The topological polar surface area (TPSA) is 43.8 Å². The Hall–Kier alpha value is -0.610. The van der Waals surface area contributed by atoms with Crippen LogP contribution in [0, 0.1) is 5.92 Å². The molecule has 1 rings (SSSR count). The molecule has 1 atom stereocenters. The van der Waals surface area contributed by atoms with E-state index in [4.69, 9.17) is 5.11 Å². The van der Waals surface area contributed by atoms with Gasteiger partial charge in [-0.25, -0.2) is 0 Å². The Morgan fingerprint density at radius 3 is 2.64 bits per heavy atom. The van der Waals surface area contributed by atoms with Crippen molar-refractivity contribution in [2.75, 3.05) is 33.2 Å². The van der Waals surface area contributed by atoms with Gasteiger partial charge in [-0.05, 0) is 13.0 Å². The minimum atomic E-state index is -0.722. The number of hydrogen-bond acceptors (Lipinski definition) is 3. The van der Waals surface area contributed by atoms with E-state index in [9.17, 15) is 4.79 Å². The molecule has 0 bridgehead atoms. The summed E-state index contributed by atoms with van der Waals surface area (Å²) in [4.78, 5) is 15.0. The van der Waals surface area contributed by atoms with Crippen molar-refractivity contribution in [3.05, 3.63) is 0 Å². The molecule has 0 saturated carbocycles. The lowest BCUT2D eigenvalue weighted by molar-refractivity contribution is -0.139. The first-order valence-electron chi connectivity index (χ1n) is 5.15. The van der Waals surface area contributed by atoms with Crippen LogP contribution in [0.15, 0.2) is 0 Å². The van der Waals surface area contributed by atoms with E-state index in [-0.39, 0.29) is 6.54 Å². The van der Waals surface area contributed by atoms with Crippen molar-refractivity contribution in [3.63, 3.8) is 0 Å². The number of carbonyl (C=O) groups is 1. The molecule has 0 spiro atoms. The van der Waals surface area contributed by atoms with Crippen LogP contribution in [0.4, 0.5) is 0 Å². The first-order valence-corrected chi connectivity index (χ1v) is 5.15. The van der Waals surface area contributed by atoms with Crippen molar-refractivity contribution >= 4 is 5.97 Å². The second kappa shape index (κ2) is 4.75. The average molecular weight is 200 g/mol. The van der Waals surface area contributed by atoms with Crippen LogP contribution in [-0.2, 0) is 4.79 Å². The van der Waals surface area contributed by atoms with Crippen molar-refractivity contribution in [2.45, 2.75) is 19.9 Å². The molecule has 82 valence electrons. The third-order valence-corrected chi connectivity index (χ3v) is 2.84. The number of likely N-dealkylation sites (N-methyl/N-ethyl adjacent to an activating group) is 1. The summed E-state index contributed by atoms with van der Waals surface area (Å²) in [6.07, 6.45) is 0. The molecule has 0 aromatic heterocycles. The number of rotatable bonds is 3. The van der Waals surface area contributed by atoms with E-state index < -0.39 is 5.97 Å². The first-order chi connectivity index (χ1) is 6.50.